The number of carbonyl (C=O) groups is 1. The van der Waals surface area contributed by atoms with E-state index in [0.29, 0.717) is 10.1 Å². The number of hydrogen-bond acceptors (Lipinski definition) is 8. The van der Waals surface area contributed by atoms with Crippen molar-refractivity contribution in [1.82, 2.24) is 9.79 Å². The van der Waals surface area contributed by atoms with Crippen LogP contribution in [-0.4, -0.2) is 70.1 Å². The van der Waals surface area contributed by atoms with Crippen LogP contribution < -0.4 is 10.2 Å². The number of aliphatic hydroxyl groups is 3. The van der Waals surface area contributed by atoms with Crippen LogP contribution in [0, 0.1) is 0 Å². The third-order valence-corrected chi connectivity index (χ3v) is 6.66. The first kappa shape index (κ1) is 22.2. The highest BCUT2D eigenvalue weighted by Gasteiger charge is 2.50. The van der Waals surface area contributed by atoms with Crippen LogP contribution >= 0.6 is 0 Å². The fourth-order valence-electron chi connectivity index (χ4n) is 3.17. The SMILES string of the molecule is O=C(NO)[C@H]1[C@@H](O)[C@H](O)[C@@H](O)CN1S(=O)(=O)c1ccc(OCc2ccccc2)cc1. The lowest BCUT2D eigenvalue weighted by molar-refractivity contribution is -0.154. The smallest absolute Gasteiger partial charge is 0.264 e. The van der Waals surface area contributed by atoms with Crippen molar-refractivity contribution in [1.29, 1.82) is 0 Å². The summed E-state index contributed by atoms with van der Waals surface area (Å²) in [5.41, 5.74) is 2.21. The van der Waals surface area contributed by atoms with Gasteiger partial charge in [0, 0.05) is 6.54 Å². The highest BCUT2D eigenvalue weighted by Crippen LogP contribution is 2.28. The minimum Gasteiger partial charge on any atom is -0.489 e. The molecule has 0 unspecified atom stereocenters. The fraction of sp³-hybridized carbons (Fsp3) is 0.316. The molecule has 5 N–H and O–H groups in total. The Kier molecular flexibility index (Phi) is 6.71. The molecule has 30 heavy (non-hydrogen) atoms. The molecule has 1 aliphatic rings. The average Bonchev–Trinajstić information content (AvgIpc) is 2.76. The molecule has 0 spiro atoms. The van der Waals surface area contributed by atoms with Crippen LogP contribution in [0.25, 0.3) is 0 Å². The second-order valence-corrected chi connectivity index (χ2v) is 8.68. The Morgan fingerprint density at radius 3 is 2.27 bits per heavy atom. The summed E-state index contributed by atoms with van der Waals surface area (Å²) < 4.78 is 32.2. The van der Waals surface area contributed by atoms with Crippen molar-refractivity contribution in [3.63, 3.8) is 0 Å². The maximum absolute atomic E-state index is 13.0. The summed E-state index contributed by atoms with van der Waals surface area (Å²) >= 11 is 0. The van der Waals surface area contributed by atoms with Crippen molar-refractivity contribution >= 4 is 15.9 Å². The van der Waals surface area contributed by atoms with Gasteiger partial charge in [-0.25, -0.2) is 13.9 Å². The number of carbonyl (C=O) groups excluding carboxylic acids is 1. The third-order valence-electron chi connectivity index (χ3n) is 4.80. The van der Waals surface area contributed by atoms with Gasteiger partial charge in [-0.2, -0.15) is 4.31 Å². The molecule has 2 aromatic carbocycles. The summed E-state index contributed by atoms with van der Waals surface area (Å²) in [5.74, 6) is -0.823. The Morgan fingerprint density at radius 2 is 1.67 bits per heavy atom. The number of amides is 1. The van der Waals surface area contributed by atoms with E-state index < -0.39 is 46.8 Å². The predicted molar refractivity (Wildman–Crippen MR) is 103 cm³/mol. The van der Waals surface area contributed by atoms with Gasteiger partial charge in [-0.1, -0.05) is 30.3 Å². The van der Waals surface area contributed by atoms with E-state index in [9.17, 15) is 28.5 Å². The van der Waals surface area contributed by atoms with Gasteiger partial charge in [0.25, 0.3) is 5.91 Å². The zero-order valence-electron chi connectivity index (χ0n) is 15.7. The van der Waals surface area contributed by atoms with Crippen LogP contribution in [0.2, 0.25) is 0 Å². The Balaban J connectivity index is 1.81. The van der Waals surface area contributed by atoms with Crippen LogP contribution in [0.4, 0.5) is 0 Å². The maximum Gasteiger partial charge on any atom is 0.264 e. The zero-order chi connectivity index (χ0) is 21.9. The molecule has 11 heteroatoms. The van der Waals surface area contributed by atoms with Crippen LogP contribution in [0.5, 0.6) is 5.75 Å². The maximum atomic E-state index is 13.0. The van der Waals surface area contributed by atoms with Crippen molar-refractivity contribution in [2.24, 2.45) is 0 Å². The molecule has 0 saturated carbocycles. The van der Waals surface area contributed by atoms with E-state index in [2.05, 4.69) is 0 Å². The molecule has 10 nitrogen and oxygen atoms in total. The molecule has 162 valence electrons. The number of benzene rings is 2. The molecule has 0 aliphatic carbocycles. The minimum atomic E-state index is -4.36. The number of piperidine rings is 1. The molecule has 1 heterocycles. The van der Waals surface area contributed by atoms with Gasteiger partial charge in [0.15, 0.2) is 0 Å². The monoisotopic (exact) mass is 438 g/mol. The van der Waals surface area contributed by atoms with E-state index in [0.717, 1.165) is 5.56 Å². The second kappa shape index (κ2) is 9.08. The average molecular weight is 438 g/mol. The number of aliphatic hydroxyl groups excluding tert-OH is 3. The third kappa shape index (κ3) is 4.46. The minimum absolute atomic E-state index is 0.221. The summed E-state index contributed by atoms with van der Waals surface area (Å²) in [6, 6.07) is 12.9. The summed E-state index contributed by atoms with van der Waals surface area (Å²) in [6.45, 7) is -0.362. The molecule has 2 aromatic rings. The molecule has 1 fully saturated rings. The molecular weight excluding hydrogens is 416 g/mol. The molecule has 1 saturated heterocycles. The van der Waals surface area contributed by atoms with Gasteiger partial charge in [-0.05, 0) is 29.8 Å². The largest absolute Gasteiger partial charge is 0.489 e. The summed E-state index contributed by atoms with van der Waals surface area (Å²) in [5, 5.41) is 38.7. The van der Waals surface area contributed by atoms with Crippen molar-refractivity contribution < 1.29 is 38.5 Å². The van der Waals surface area contributed by atoms with Gasteiger partial charge >= 0.3 is 0 Å². The lowest BCUT2D eigenvalue weighted by Gasteiger charge is -2.41. The summed E-state index contributed by atoms with van der Waals surface area (Å²) in [7, 11) is -4.36. The first-order valence-electron chi connectivity index (χ1n) is 9.02. The molecule has 3 rings (SSSR count). The highest BCUT2D eigenvalue weighted by atomic mass is 32.2. The summed E-state index contributed by atoms with van der Waals surface area (Å²) in [4.78, 5) is 11.7. The van der Waals surface area contributed by atoms with Gasteiger partial charge in [0.05, 0.1) is 11.0 Å². The number of β-amino-alcohol motifs (C(OH)–C–C–N with tert-alkyl or cyclic N) is 1. The van der Waals surface area contributed by atoms with Gasteiger partial charge in [-0.3, -0.25) is 10.0 Å². The number of hydroxylamine groups is 1. The Hall–Kier alpha value is -2.54. The number of hydrogen-bond donors (Lipinski definition) is 5. The van der Waals surface area contributed by atoms with Gasteiger partial charge in [-0.15, -0.1) is 0 Å². The zero-order valence-corrected chi connectivity index (χ0v) is 16.5. The quantitative estimate of drug-likeness (QED) is 0.291. The van der Waals surface area contributed by atoms with Crippen molar-refractivity contribution in [3.05, 3.63) is 60.2 Å². The van der Waals surface area contributed by atoms with Crippen molar-refractivity contribution in [3.8, 4) is 5.75 Å². The Labute approximate surface area is 173 Å². The van der Waals surface area contributed by atoms with E-state index in [1.807, 2.05) is 30.3 Å². The van der Waals surface area contributed by atoms with Crippen molar-refractivity contribution in [2.75, 3.05) is 6.54 Å². The van der Waals surface area contributed by atoms with Gasteiger partial charge < -0.3 is 20.1 Å². The van der Waals surface area contributed by atoms with Crippen molar-refractivity contribution in [2.45, 2.75) is 35.9 Å². The number of sulfonamides is 1. The predicted octanol–water partition coefficient (Wildman–Crippen LogP) is -0.773. The Bertz CT molecular complexity index is 968. The first-order chi connectivity index (χ1) is 14.3. The van der Waals surface area contributed by atoms with Crippen LogP contribution in [0.1, 0.15) is 5.56 Å². The Morgan fingerprint density at radius 1 is 1.03 bits per heavy atom. The standard InChI is InChI=1S/C19H22N2O8S/c22-15-10-21(16(19(25)20-26)18(24)17(15)23)30(27,28)14-8-6-13(7-9-14)29-11-12-4-2-1-3-5-12/h1-9,15-18,22-24,26H,10-11H2,(H,20,25)/t15-,16+,17+,18+/m0/s1. The molecule has 0 bridgehead atoms. The lowest BCUT2D eigenvalue weighted by Crippen LogP contribution is -2.66. The molecule has 1 aliphatic heterocycles. The molecule has 1 amide bonds. The van der Waals surface area contributed by atoms with E-state index in [-0.39, 0.29) is 11.5 Å². The van der Waals surface area contributed by atoms with Gasteiger partial charge in [0.1, 0.15) is 30.6 Å². The van der Waals surface area contributed by atoms with E-state index in [4.69, 9.17) is 9.94 Å². The van der Waals surface area contributed by atoms with E-state index in [1.165, 1.54) is 29.7 Å². The fourth-order valence-corrected chi connectivity index (χ4v) is 4.79. The molecular formula is C19H22N2O8S. The lowest BCUT2D eigenvalue weighted by atomic mass is 9.96. The topological polar surface area (TPSA) is 157 Å². The van der Waals surface area contributed by atoms with Crippen LogP contribution in [-0.2, 0) is 21.4 Å². The number of nitrogens with one attached hydrogen (secondary N) is 1. The second-order valence-electron chi connectivity index (χ2n) is 6.79. The van der Waals surface area contributed by atoms with Gasteiger partial charge in [0.2, 0.25) is 10.0 Å². The summed E-state index contributed by atoms with van der Waals surface area (Å²) in [6.07, 6.45) is -5.32. The first-order valence-corrected chi connectivity index (χ1v) is 10.5. The molecule has 4 atom stereocenters. The van der Waals surface area contributed by atoms with Crippen LogP contribution in [0.15, 0.2) is 59.5 Å². The highest BCUT2D eigenvalue weighted by molar-refractivity contribution is 7.89. The van der Waals surface area contributed by atoms with E-state index in [1.54, 1.807) is 0 Å². The van der Waals surface area contributed by atoms with E-state index >= 15 is 0 Å². The van der Waals surface area contributed by atoms with Crippen LogP contribution in [0.3, 0.4) is 0 Å². The number of ether oxygens (including phenoxy) is 1. The molecule has 0 aromatic heterocycles. The number of rotatable bonds is 6. The number of nitrogens with zero attached hydrogens (tertiary/aromatic N) is 1. The molecule has 0 radical (unpaired) electrons. The normalized spacial score (nSPS) is 24.9.